The molecule has 4 aromatic rings. The van der Waals surface area contributed by atoms with E-state index in [4.69, 9.17) is 4.98 Å². The molecule has 0 radical (unpaired) electrons. The smallest absolute Gasteiger partial charge is 0.181 e. The Hall–Kier alpha value is -4.78. The van der Waals surface area contributed by atoms with Gasteiger partial charge in [0.15, 0.2) is 11.5 Å². The highest BCUT2D eigenvalue weighted by Gasteiger charge is 2.18. The van der Waals surface area contributed by atoms with Crippen molar-refractivity contribution >= 4 is 22.2 Å². The van der Waals surface area contributed by atoms with Crippen molar-refractivity contribution in [3.8, 4) is 11.5 Å². The number of benzene rings is 1. The van der Waals surface area contributed by atoms with Gasteiger partial charge in [-0.2, -0.15) is 5.10 Å². The lowest BCUT2D eigenvalue weighted by Gasteiger charge is -2.13. The summed E-state index contributed by atoms with van der Waals surface area (Å²) in [6.45, 7) is 20.2. The summed E-state index contributed by atoms with van der Waals surface area (Å²) in [5, 5.41) is 11.7. The second kappa shape index (κ2) is 12.4. The molecule has 1 aromatic carbocycles. The summed E-state index contributed by atoms with van der Waals surface area (Å²) in [6.07, 6.45) is 12.0. The normalized spacial score (nSPS) is 12.7. The van der Waals surface area contributed by atoms with Crippen LogP contribution in [0, 0.1) is 18.7 Å². The zero-order valence-electron chi connectivity index (χ0n) is 23.5. The van der Waals surface area contributed by atoms with Gasteiger partial charge < -0.3 is 10.3 Å². The van der Waals surface area contributed by atoms with Gasteiger partial charge in [-0.05, 0) is 67.7 Å². The number of nitrogens with zero attached hydrogens (tertiary/aromatic N) is 3. The van der Waals surface area contributed by atoms with Gasteiger partial charge in [0.1, 0.15) is 11.5 Å². The van der Waals surface area contributed by atoms with Crippen molar-refractivity contribution in [3.63, 3.8) is 0 Å². The van der Waals surface area contributed by atoms with Crippen molar-refractivity contribution in [1.29, 1.82) is 0 Å². The first-order valence-corrected chi connectivity index (χ1v) is 13.2. The number of imidazole rings is 1. The maximum absolute atomic E-state index is 14.0. The molecule has 204 valence electrons. The number of fused-ring (bicyclic) bond motifs is 1. The average molecular weight is 535 g/mol. The number of aromatic amines is 2. The number of rotatable bonds is 11. The molecule has 0 amide bonds. The van der Waals surface area contributed by atoms with Gasteiger partial charge in [-0.15, -0.1) is 0 Å². The number of aryl methyl sites for hydroxylation is 1. The number of halogens is 1. The van der Waals surface area contributed by atoms with Crippen molar-refractivity contribution in [2.75, 3.05) is 0 Å². The maximum Gasteiger partial charge on any atom is 0.181 e. The molecule has 0 saturated heterocycles. The highest BCUT2D eigenvalue weighted by Crippen LogP contribution is 2.31. The quantitative estimate of drug-likeness (QED) is 0.170. The number of hydrogen-bond donors (Lipinski definition) is 3. The molecule has 0 spiro atoms. The van der Waals surface area contributed by atoms with Crippen LogP contribution in [0.15, 0.2) is 98.0 Å². The van der Waals surface area contributed by atoms with E-state index in [9.17, 15) is 4.39 Å². The molecule has 6 nitrogen and oxygen atoms in total. The van der Waals surface area contributed by atoms with Crippen LogP contribution in [0.3, 0.4) is 0 Å². The minimum Gasteiger partial charge on any atom is -0.359 e. The number of H-pyrrole nitrogens is 2. The van der Waals surface area contributed by atoms with E-state index in [2.05, 4.69) is 59.1 Å². The second-order valence-electron chi connectivity index (χ2n) is 9.95. The first kappa shape index (κ1) is 28.2. The fourth-order valence-electron chi connectivity index (χ4n) is 4.56. The van der Waals surface area contributed by atoms with E-state index in [0.717, 1.165) is 45.6 Å². The Morgan fingerprint density at radius 3 is 2.65 bits per heavy atom. The first-order chi connectivity index (χ1) is 19.2. The van der Waals surface area contributed by atoms with Crippen LogP contribution in [-0.2, 0) is 0 Å². The molecular formula is C33H35FN6. The van der Waals surface area contributed by atoms with Crippen molar-refractivity contribution in [2.45, 2.75) is 34.1 Å². The highest BCUT2D eigenvalue weighted by atomic mass is 19.1. The molecule has 0 atom stereocenters. The molecule has 3 N–H and O–H groups in total. The molecule has 0 aliphatic heterocycles. The van der Waals surface area contributed by atoms with Gasteiger partial charge >= 0.3 is 0 Å². The minimum atomic E-state index is -0.313. The zero-order valence-corrected chi connectivity index (χ0v) is 23.5. The molecule has 0 bridgehead atoms. The van der Waals surface area contributed by atoms with Gasteiger partial charge in [-0.1, -0.05) is 63.9 Å². The lowest BCUT2D eigenvalue weighted by Crippen LogP contribution is -2.12. The van der Waals surface area contributed by atoms with Gasteiger partial charge in [0.25, 0.3) is 0 Å². The second-order valence-corrected chi connectivity index (χ2v) is 9.95. The van der Waals surface area contributed by atoms with Crippen molar-refractivity contribution in [2.24, 2.45) is 5.92 Å². The van der Waals surface area contributed by atoms with Crippen LogP contribution in [0.2, 0.25) is 0 Å². The Labute approximate surface area is 234 Å². The van der Waals surface area contributed by atoms with E-state index in [-0.39, 0.29) is 5.82 Å². The predicted octanol–water partition coefficient (Wildman–Crippen LogP) is 8.04. The van der Waals surface area contributed by atoms with E-state index < -0.39 is 0 Å². The lowest BCUT2D eigenvalue weighted by atomic mass is 10.0. The van der Waals surface area contributed by atoms with Gasteiger partial charge in [-0.3, -0.25) is 5.10 Å². The molecule has 40 heavy (non-hydrogen) atoms. The van der Waals surface area contributed by atoms with Gasteiger partial charge in [0.2, 0.25) is 0 Å². The Morgan fingerprint density at radius 2 is 1.98 bits per heavy atom. The van der Waals surface area contributed by atoms with E-state index in [1.807, 2.05) is 44.2 Å². The number of hydrogen-bond acceptors (Lipinski definition) is 4. The van der Waals surface area contributed by atoms with Gasteiger partial charge in [0.05, 0.1) is 11.1 Å². The SMILES string of the molecule is C=C/C=C(/c1cccc(F)c1)c1nc(-c2[nH]nc3ncc(C(/C=C(\C=C)NC(=C)CC(C)C)=C/C)cc23)[nH]c1C. The van der Waals surface area contributed by atoms with E-state index in [1.165, 1.54) is 12.1 Å². The molecule has 4 rings (SSSR count). The molecular weight excluding hydrogens is 499 g/mol. The summed E-state index contributed by atoms with van der Waals surface area (Å²) < 4.78 is 14.0. The monoisotopic (exact) mass is 534 g/mol. The van der Waals surface area contributed by atoms with Gasteiger partial charge in [-0.25, -0.2) is 14.4 Å². The maximum atomic E-state index is 14.0. The molecule has 0 aliphatic carbocycles. The van der Waals surface area contributed by atoms with E-state index in [0.29, 0.717) is 34.3 Å². The zero-order chi connectivity index (χ0) is 28.8. The largest absolute Gasteiger partial charge is 0.359 e. The molecule has 0 unspecified atom stereocenters. The summed E-state index contributed by atoms with van der Waals surface area (Å²) in [5.74, 6) is 0.796. The number of pyridine rings is 1. The standard InChI is InChI=1S/C33H35FN6/c1-8-12-28(24-13-11-14-26(34)16-24)30-22(7)37-33(38-30)31-29-18-25(19-35-32(29)40-39-31)23(9-2)17-27(10-3)36-21(6)15-20(4)5/h8-14,16-20,36H,1,3,6,15H2,2,4-5,7H3,(H,37,38)(H,35,39,40)/b23-9+,27-17+,28-12-. The Balaban J connectivity index is 1.72. The molecule has 0 aliphatic rings. The van der Waals surface area contributed by atoms with E-state index in [1.54, 1.807) is 24.4 Å². The molecule has 7 heteroatoms. The van der Waals surface area contributed by atoms with Crippen LogP contribution in [-0.4, -0.2) is 25.1 Å². The fourth-order valence-corrected chi connectivity index (χ4v) is 4.56. The van der Waals surface area contributed by atoms with Crippen LogP contribution >= 0.6 is 0 Å². The third-order valence-electron chi connectivity index (χ3n) is 6.36. The van der Waals surface area contributed by atoms with Crippen molar-refractivity contribution in [3.05, 3.63) is 126 Å². The Morgan fingerprint density at radius 1 is 1.18 bits per heavy atom. The fraction of sp³-hybridized carbons (Fsp3) is 0.182. The topological polar surface area (TPSA) is 82.3 Å². The van der Waals surface area contributed by atoms with Crippen LogP contribution in [0.25, 0.3) is 33.7 Å². The molecule has 3 aromatic heterocycles. The summed E-state index contributed by atoms with van der Waals surface area (Å²) in [4.78, 5) is 12.8. The van der Waals surface area contributed by atoms with Crippen LogP contribution < -0.4 is 5.32 Å². The Kier molecular flexibility index (Phi) is 8.74. The van der Waals surface area contributed by atoms with Crippen LogP contribution in [0.4, 0.5) is 4.39 Å². The third-order valence-corrected chi connectivity index (χ3v) is 6.36. The highest BCUT2D eigenvalue weighted by molar-refractivity contribution is 5.92. The predicted molar refractivity (Wildman–Crippen MR) is 164 cm³/mol. The molecule has 3 heterocycles. The molecule has 0 saturated carbocycles. The Bertz CT molecular complexity index is 1660. The number of nitrogens with one attached hydrogen (secondary N) is 3. The average Bonchev–Trinajstić information content (AvgIpc) is 3.51. The first-order valence-electron chi connectivity index (χ1n) is 13.2. The van der Waals surface area contributed by atoms with Crippen molar-refractivity contribution in [1.82, 2.24) is 30.5 Å². The van der Waals surface area contributed by atoms with Crippen LogP contribution in [0.1, 0.15) is 49.7 Å². The summed E-state index contributed by atoms with van der Waals surface area (Å²) in [6, 6.07) is 8.48. The van der Waals surface area contributed by atoms with Crippen molar-refractivity contribution < 1.29 is 4.39 Å². The lowest BCUT2D eigenvalue weighted by molar-refractivity contribution is 0.622. The van der Waals surface area contributed by atoms with E-state index >= 15 is 0 Å². The minimum absolute atomic E-state index is 0.313. The summed E-state index contributed by atoms with van der Waals surface area (Å²) >= 11 is 0. The molecule has 0 fully saturated rings. The summed E-state index contributed by atoms with van der Waals surface area (Å²) in [5.41, 5.74) is 7.99. The number of allylic oxidation sites excluding steroid dienone is 7. The van der Waals surface area contributed by atoms with Gasteiger partial charge in [0, 0.05) is 34.4 Å². The number of aromatic nitrogens is 5. The third kappa shape index (κ3) is 6.26. The van der Waals surface area contributed by atoms with Crippen LogP contribution in [0.5, 0.6) is 0 Å². The summed E-state index contributed by atoms with van der Waals surface area (Å²) in [7, 11) is 0.